The monoisotopic (exact) mass is 368 g/mol. The zero-order chi connectivity index (χ0) is 18.7. The number of hydrogen-bond acceptors (Lipinski definition) is 6. The summed E-state index contributed by atoms with van der Waals surface area (Å²) < 4.78 is 45.7. The van der Waals surface area contributed by atoms with Crippen LogP contribution in [0, 0.1) is 0 Å². The third-order valence-corrected chi connectivity index (χ3v) is 3.32. The molecule has 10 heteroatoms. The van der Waals surface area contributed by atoms with Gasteiger partial charge in [0.15, 0.2) is 6.10 Å². The van der Waals surface area contributed by atoms with Crippen LogP contribution in [-0.4, -0.2) is 28.3 Å². The summed E-state index contributed by atoms with van der Waals surface area (Å²) in [7, 11) is 0. The molecule has 0 aliphatic carbocycles. The summed E-state index contributed by atoms with van der Waals surface area (Å²) in [5.41, 5.74) is 0.474. The van der Waals surface area contributed by atoms with Crippen LogP contribution in [0.25, 0.3) is 0 Å². The normalized spacial score (nSPS) is 16.6. The number of carbonyl (C=O) groups is 1. The second kappa shape index (κ2) is 6.90. The van der Waals surface area contributed by atoms with Crippen molar-refractivity contribution in [3.05, 3.63) is 53.9 Å². The highest BCUT2D eigenvalue weighted by Crippen LogP contribution is 2.30. The number of pyridine rings is 1. The molecule has 26 heavy (non-hydrogen) atoms. The topological polar surface area (TPSA) is 90.2 Å². The number of aromatic carboxylic acids is 1. The summed E-state index contributed by atoms with van der Waals surface area (Å²) in [6.07, 6.45) is -3.78. The van der Waals surface area contributed by atoms with Gasteiger partial charge in [-0.25, -0.2) is 9.78 Å². The number of carboxylic acid groups (broad SMARTS) is 1. The maximum atomic E-state index is 12.2. The second-order valence-corrected chi connectivity index (χ2v) is 5.19. The Morgan fingerprint density at radius 2 is 1.85 bits per heavy atom. The van der Waals surface area contributed by atoms with Crippen LogP contribution < -0.4 is 9.47 Å². The number of rotatable bonds is 4. The fraction of sp³-hybridized carbons (Fsp3) is 0.188. The third-order valence-electron chi connectivity index (χ3n) is 3.32. The number of alkyl halides is 3. The van der Waals surface area contributed by atoms with Gasteiger partial charge in [-0.2, -0.15) is 0 Å². The molecule has 136 valence electrons. The Kier molecular flexibility index (Phi) is 4.65. The van der Waals surface area contributed by atoms with Crippen molar-refractivity contribution in [1.29, 1.82) is 0 Å². The molecule has 0 spiro atoms. The number of hydrogen-bond donors (Lipinski definition) is 1. The van der Waals surface area contributed by atoms with Gasteiger partial charge >= 0.3 is 12.3 Å². The highest BCUT2D eigenvalue weighted by atomic mass is 19.4. The molecule has 1 aromatic carbocycles. The summed E-state index contributed by atoms with van der Waals surface area (Å²) in [6, 6.07) is 7.94. The molecular formula is C16H11F3N2O5. The van der Waals surface area contributed by atoms with Crippen LogP contribution >= 0.6 is 0 Å². The molecule has 1 aliphatic heterocycles. The second-order valence-electron chi connectivity index (χ2n) is 5.19. The lowest BCUT2D eigenvalue weighted by atomic mass is 10.1. The molecule has 2 heterocycles. The fourth-order valence-electron chi connectivity index (χ4n) is 2.18. The molecule has 0 amide bonds. The van der Waals surface area contributed by atoms with E-state index in [4.69, 9.17) is 14.7 Å². The molecule has 3 rings (SSSR count). The van der Waals surface area contributed by atoms with E-state index in [-0.39, 0.29) is 29.5 Å². The van der Waals surface area contributed by atoms with Gasteiger partial charge in [0.2, 0.25) is 5.90 Å². The van der Waals surface area contributed by atoms with E-state index in [0.29, 0.717) is 5.56 Å². The average Bonchev–Trinajstić information content (AvgIpc) is 3.03. The molecular weight excluding hydrogens is 357 g/mol. The van der Waals surface area contributed by atoms with E-state index in [0.717, 1.165) is 0 Å². The van der Waals surface area contributed by atoms with Crippen molar-refractivity contribution in [2.45, 2.75) is 18.9 Å². The summed E-state index contributed by atoms with van der Waals surface area (Å²) in [5, 5.41) is 12.6. The van der Waals surface area contributed by atoms with Crippen molar-refractivity contribution in [2.75, 3.05) is 0 Å². The summed E-state index contributed by atoms with van der Waals surface area (Å²) in [5.74, 6) is -0.972. The molecule has 1 aromatic heterocycles. The Bertz CT molecular complexity index is 819. The summed E-state index contributed by atoms with van der Waals surface area (Å²) in [4.78, 5) is 19.7. The Balaban J connectivity index is 1.58. The van der Waals surface area contributed by atoms with Gasteiger partial charge in [0.05, 0.1) is 12.6 Å². The van der Waals surface area contributed by atoms with Crippen LogP contribution in [0.15, 0.2) is 47.8 Å². The van der Waals surface area contributed by atoms with Crippen LogP contribution in [0.4, 0.5) is 13.2 Å². The van der Waals surface area contributed by atoms with Crippen LogP contribution in [-0.2, 0) is 4.84 Å². The molecule has 1 aliphatic rings. The quantitative estimate of drug-likeness (QED) is 0.888. The van der Waals surface area contributed by atoms with Crippen molar-refractivity contribution < 1.29 is 37.4 Å². The first-order chi connectivity index (χ1) is 12.3. The highest BCUT2D eigenvalue weighted by Gasteiger charge is 2.31. The SMILES string of the molecule is O=C(O)c1ccc(OC2=NO[C@@H](c3ccc(OC(F)(F)F)cc3)C2)cn1. The van der Waals surface area contributed by atoms with E-state index < -0.39 is 18.4 Å². The summed E-state index contributed by atoms with van der Waals surface area (Å²) in [6.45, 7) is 0. The number of aromatic nitrogens is 1. The van der Waals surface area contributed by atoms with Crippen LogP contribution in [0.5, 0.6) is 11.5 Å². The standard InChI is InChI=1S/C16H11F3N2O5/c17-16(18,19)25-10-3-1-9(2-4-10)13-7-14(21-26-13)24-11-5-6-12(15(22)23)20-8-11/h1-6,8,13H,7H2,(H,22,23)/t13-/m1/s1. The molecule has 0 saturated carbocycles. The fourth-order valence-corrected chi connectivity index (χ4v) is 2.18. The predicted octanol–water partition coefficient (Wildman–Crippen LogP) is 3.53. The van der Waals surface area contributed by atoms with E-state index in [9.17, 15) is 18.0 Å². The predicted molar refractivity (Wildman–Crippen MR) is 80.8 cm³/mol. The first kappa shape index (κ1) is 17.5. The molecule has 0 unspecified atom stereocenters. The number of oxime groups is 1. The minimum atomic E-state index is -4.75. The zero-order valence-corrected chi connectivity index (χ0v) is 12.9. The lowest BCUT2D eigenvalue weighted by molar-refractivity contribution is -0.274. The van der Waals surface area contributed by atoms with E-state index in [1.165, 1.54) is 42.6 Å². The Labute approximate surface area is 144 Å². The summed E-state index contributed by atoms with van der Waals surface area (Å²) >= 11 is 0. The minimum Gasteiger partial charge on any atom is -0.477 e. The van der Waals surface area contributed by atoms with Gasteiger partial charge in [0.1, 0.15) is 17.2 Å². The zero-order valence-electron chi connectivity index (χ0n) is 12.9. The van der Waals surface area contributed by atoms with Crippen LogP contribution in [0.1, 0.15) is 28.6 Å². The molecule has 2 aromatic rings. The third kappa shape index (κ3) is 4.41. The van der Waals surface area contributed by atoms with E-state index in [1.54, 1.807) is 0 Å². The minimum absolute atomic E-state index is 0.124. The number of halogens is 3. The molecule has 1 N–H and O–H groups in total. The molecule has 0 saturated heterocycles. The number of nitrogens with zero attached hydrogens (tertiary/aromatic N) is 2. The van der Waals surface area contributed by atoms with Gasteiger partial charge in [-0.15, -0.1) is 13.2 Å². The molecule has 7 nitrogen and oxygen atoms in total. The largest absolute Gasteiger partial charge is 0.573 e. The van der Waals surface area contributed by atoms with Gasteiger partial charge in [-0.3, -0.25) is 0 Å². The van der Waals surface area contributed by atoms with Crippen molar-refractivity contribution >= 4 is 11.9 Å². The van der Waals surface area contributed by atoms with Gasteiger partial charge < -0.3 is 19.4 Å². The smallest absolute Gasteiger partial charge is 0.477 e. The Hall–Kier alpha value is -3.30. The van der Waals surface area contributed by atoms with Crippen LogP contribution in [0.3, 0.4) is 0 Å². The van der Waals surface area contributed by atoms with Gasteiger partial charge in [0.25, 0.3) is 0 Å². The maximum absolute atomic E-state index is 12.2. The number of benzene rings is 1. The van der Waals surface area contributed by atoms with E-state index in [1.807, 2.05) is 0 Å². The number of ether oxygens (including phenoxy) is 2. The van der Waals surface area contributed by atoms with Crippen molar-refractivity contribution in [3.63, 3.8) is 0 Å². The highest BCUT2D eigenvalue weighted by molar-refractivity contribution is 5.85. The lowest BCUT2D eigenvalue weighted by Gasteiger charge is -2.11. The Morgan fingerprint density at radius 1 is 1.15 bits per heavy atom. The molecule has 1 atom stereocenters. The average molecular weight is 368 g/mol. The van der Waals surface area contributed by atoms with Gasteiger partial charge in [0, 0.05) is 0 Å². The molecule has 0 bridgehead atoms. The lowest BCUT2D eigenvalue weighted by Crippen LogP contribution is -2.17. The van der Waals surface area contributed by atoms with Gasteiger partial charge in [-0.05, 0) is 29.8 Å². The number of carboxylic acids is 1. The molecule has 0 radical (unpaired) electrons. The first-order valence-electron chi connectivity index (χ1n) is 7.26. The van der Waals surface area contributed by atoms with E-state index in [2.05, 4.69) is 14.9 Å². The van der Waals surface area contributed by atoms with Crippen LogP contribution in [0.2, 0.25) is 0 Å². The Morgan fingerprint density at radius 3 is 2.42 bits per heavy atom. The maximum Gasteiger partial charge on any atom is 0.573 e. The van der Waals surface area contributed by atoms with Crippen molar-refractivity contribution in [3.8, 4) is 11.5 Å². The van der Waals surface area contributed by atoms with Crippen molar-refractivity contribution in [1.82, 2.24) is 4.98 Å². The van der Waals surface area contributed by atoms with E-state index >= 15 is 0 Å². The van der Waals surface area contributed by atoms with Crippen molar-refractivity contribution in [2.24, 2.45) is 5.16 Å². The molecule has 0 fully saturated rings. The van der Waals surface area contributed by atoms with Gasteiger partial charge in [-0.1, -0.05) is 17.3 Å². The first-order valence-corrected chi connectivity index (χ1v) is 7.26.